The average Bonchev–Trinajstić information content (AvgIpc) is 3.04. The summed E-state index contributed by atoms with van der Waals surface area (Å²) in [4.78, 5) is 12.0. The van der Waals surface area contributed by atoms with Gasteiger partial charge in [-0.25, -0.2) is 0 Å². The highest BCUT2D eigenvalue weighted by molar-refractivity contribution is 5.85. The molecule has 2 heterocycles. The van der Waals surface area contributed by atoms with Crippen molar-refractivity contribution in [2.75, 3.05) is 19.7 Å². The second-order valence-corrected chi connectivity index (χ2v) is 5.93. The molecule has 5 heteroatoms. The predicted octanol–water partition coefficient (Wildman–Crippen LogP) is 2.37. The van der Waals surface area contributed by atoms with Gasteiger partial charge in [0.15, 0.2) is 0 Å². The van der Waals surface area contributed by atoms with Gasteiger partial charge in [0.2, 0.25) is 5.91 Å². The Balaban J connectivity index is 0.00000176. The van der Waals surface area contributed by atoms with Crippen LogP contribution in [0.1, 0.15) is 42.9 Å². The summed E-state index contributed by atoms with van der Waals surface area (Å²) in [5.41, 5.74) is 2.72. The molecular formula is C17H25ClN2O2. The van der Waals surface area contributed by atoms with E-state index in [1.807, 2.05) is 0 Å². The Morgan fingerprint density at radius 3 is 3.05 bits per heavy atom. The highest BCUT2D eigenvalue weighted by Crippen LogP contribution is 2.22. The Labute approximate surface area is 138 Å². The number of nitrogens with one attached hydrogen (secondary N) is 2. The van der Waals surface area contributed by atoms with Crippen molar-refractivity contribution in [2.24, 2.45) is 0 Å². The minimum Gasteiger partial charge on any atom is -0.378 e. The third kappa shape index (κ3) is 4.45. The van der Waals surface area contributed by atoms with Crippen LogP contribution in [0.25, 0.3) is 0 Å². The molecule has 0 aromatic heterocycles. The zero-order valence-corrected chi connectivity index (χ0v) is 13.7. The number of carbonyl (C=O) groups is 1. The smallest absolute Gasteiger partial charge is 0.220 e. The molecule has 2 N–H and O–H groups in total. The fourth-order valence-electron chi connectivity index (χ4n) is 3.24. The highest BCUT2D eigenvalue weighted by atomic mass is 35.5. The second kappa shape index (κ2) is 8.51. The Hall–Kier alpha value is -1.10. The first kappa shape index (κ1) is 17.3. The maximum Gasteiger partial charge on any atom is 0.220 e. The maximum absolute atomic E-state index is 12.0. The highest BCUT2D eigenvalue weighted by Gasteiger charge is 2.20. The van der Waals surface area contributed by atoms with Crippen LogP contribution in [0.3, 0.4) is 0 Å². The van der Waals surface area contributed by atoms with Gasteiger partial charge in [0.1, 0.15) is 0 Å². The second-order valence-electron chi connectivity index (χ2n) is 5.93. The first-order chi connectivity index (χ1) is 10.3. The molecule has 1 saturated heterocycles. The predicted molar refractivity (Wildman–Crippen MR) is 89.4 cm³/mol. The molecule has 0 aliphatic carbocycles. The molecule has 0 radical (unpaired) electrons. The number of ether oxygens (including phenoxy) is 1. The molecule has 0 bridgehead atoms. The molecule has 2 unspecified atom stereocenters. The Morgan fingerprint density at radius 2 is 2.23 bits per heavy atom. The van der Waals surface area contributed by atoms with Crippen LogP contribution in [0.2, 0.25) is 0 Å². The third-order valence-corrected chi connectivity index (χ3v) is 4.44. The molecule has 2 aliphatic rings. The summed E-state index contributed by atoms with van der Waals surface area (Å²) in [5.74, 6) is 0.135. The summed E-state index contributed by atoms with van der Waals surface area (Å²) in [7, 11) is 0. The number of benzene rings is 1. The molecule has 1 aromatic carbocycles. The van der Waals surface area contributed by atoms with Crippen LogP contribution < -0.4 is 10.6 Å². The van der Waals surface area contributed by atoms with E-state index in [-0.39, 0.29) is 24.4 Å². The zero-order valence-electron chi connectivity index (χ0n) is 12.8. The summed E-state index contributed by atoms with van der Waals surface area (Å²) in [5, 5.41) is 6.55. The number of fused-ring (bicyclic) bond motifs is 1. The molecule has 0 spiro atoms. The summed E-state index contributed by atoms with van der Waals surface area (Å²) >= 11 is 0. The first-order valence-electron chi connectivity index (χ1n) is 8.02. The van der Waals surface area contributed by atoms with E-state index in [9.17, 15) is 4.79 Å². The van der Waals surface area contributed by atoms with Crippen LogP contribution in [0, 0.1) is 0 Å². The fourth-order valence-corrected chi connectivity index (χ4v) is 3.24. The standard InChI is InChI=1S/C17H24N2O2.ClH/c20-17(8-7-14-5-3-11-21-14)19-12-16-15-6-2-1-4-13(15)9-10-18-16;/h1-2,4,6,14,16,18H,3,5,7-12H2,(H,19,20);1H. The van der Waals surface area contributed by atoms with Gasteiger partial charge in [-0.2, -0.15) is 0 Å². The lowest BCUT2D eigenvalue weighted by Gasteiger charge is -2.27. The SMILES string of the molecule is Cl.O=C(CCC1CCCO1)NCC1NCCc2ccccc21. The number of amides is 1. The van der Waals surface area contributed by atoms with E-state index in [2.05, 4.69) is 34.9 Å². The van der Waals surface area contributed by atoms with Crippen molar-refractivity contribution in [3.8, 4) is 0 Å². The Bertz CT molecular complexity index is 489. The van der Waals surface area contributed by atoms with Gasteiger partial charge in [-0.1, -0.05) is 24.3 Å². The van der Waals surface area contributed by atoms with E-state index < -0.39 is 0 Å². The third-order valence-electron chi connectivity index (χ3n) is 4.44. The van der Waals surface area contributed by atoms with Crippen LogP contribution in [-0.2, 0) is 16.0 Å². The van der Waals surface area contributed by atoms with Crippen LogP contribution in [0.15, 0.2) is 24.3 Å². The van der Waals surface area contributed by atoms with Crippen molar-refractivity contribution in [1.82, 2.24) is 10.6 Å². The molecule has 3 rings (SSSR count). The van der Waals surface area contributed by atoms with Gasteiger partial charge in [-0.3, -0.25) is 4.79 Å². The number of rotatable bonds is 5. The fraction of sp³-hybridized carbons (Fsp3) is 0.588. The molecule has 1 fully saturated rings. The normalized spacial score (nSPS) is 23.5. The van der Waals surface area contributed by atoms with E-state index in [1.54, 1.807) is 0 Å². The molecule has 2 aliphatic heterocycles. The van der Waals surface area contributed by atoms with Crippen molar-refractivity contribution >= 4 is 18.3 Å². The van der Waals surface area contributed by atoms with E-state index in [0.29, 0.717) is 19.1 Å². The van der Waals surface area contributed by atoms with Crippen LogP contribution in [0.5, 0.6) is 0 Å². The minimum absolute atomic E-state index is 0. The minimum atomic E-state index is 0. The Kier molecular flexibility index (Phi) is 6.68. The molecular weight excluding hydrogens is 300 g/mol. The van der Waals surface area contributed by atoms with Crippen molar-refractivity contribution < 1.29 is 9.53 Å². The van der Waals surface area contributed by atoms with Gasteiger partial charge in [-0.05, 0) is 43.4 Å². The maximum atomic E-state index is 12.0. The lowest BCUT2D eigenvalue weighted by atomic mass is 9.94. The van der Waals surface area contributed by atoms with Crippen LogP contribution in [-0.4, -0.2) is 31.7 Å². The van der Waals surface area contributed by atoms with Gasteiger partial charge in [0, 0.05) is 25.6 Å². The summed E-state index contributed by atoms with van der Waals surface area (Å²) in [6, 6.07) is 8.73. The lowest BCUT2D eigenvalue weighted by molar-refractivity contribution is -0.121. The van der Waals surface area contributed by atoms with Crippen molar-refractivity contribution in [1.29, 1.82) is 0 Å². The van der Waals surface area contributed by atoms with E-state index >= 15 is 0 Å². The summed E-state index contributed by atoms with van der Waals surface area (Å²) in [6.45, 7) is 2.50. The summed E-state index contributed by atoms with van der Waals surface area (Å²) < 4.78 is 5.55. The van der Waals surface area contributed by atoms with Gasteiger partial charge < -0.3 is 15.4 Å². The largest absolute Gasteiger partial charge is 0.378 e. The number of hydrogen-bond donors (Lipinski definition) is 2. The Morgan fingerprint density at radius 1 is 1.36 bits per heavy atom. The van der Waals surface area contributed by atoms with Crippen LogP contribution in [0.4, 0.5) is 0 Å². The molecule has 4 nitrogen and oxygen atoms in total. The van der Waals surface area contributed by atoms with E-state index in [1.165, 1.54) is 11.1 Å². The number of carbonyl (C=O) groups excluding carboxylic acids is 1. The van der Waals surface area contributed by atoms with Crippen molar-refractivity contribution in [3.05, 3.63) is 35.4 Å². The molecule has 22 heavy (non-hydrogen) atoms. The topological polar surface area (TPSA) is 50.4 Å². The van der Waals surface area contributed by atoms with Gasteiger partial charge >= 0.3 is 0 Å². The van der Waals surface area contributed by atoms with Gasteiger partial charge in [0.25, 0.3) is 0 Å². The average molecular weight is 325 g/mol. The molecule has 2 atom stereocenters. The number of halogens is 1. The molecule has 0 saturated carbocycles. The zero-order chi connectivity index (χ0) is 14.5. The first-order valence-corrected chi connectivity index (χ1v) is 8.02. The lowest BCUT2D eigenvalue weighted by Crippen LogP contribution is -2.38. The van der Waals surface area contributed by atoms with Crippen molar-refractivity contribution in [2.45, 2.75) is 44.2 Å². The molecule has 1 aromatic rings. The van der Waals surface area contributed by atoms with Crippen molar-refractivity contribution in [3.63, 3.8) is 0 Å². The monoisotopic (exact) mass is 324 g/mol. The van der Waals surface area contributed by atoms with E-state index in [4.69, 9.17) is 4.74 Å². The van der Waals surface area contributed by atoms with Crippen LogP contribution >= 0.6 is 12.4 Å². The van der Waals surface area contributed by atoms with Gasteiger partial charge in [-0.15, -0.1) is 12.4 Å². The number of hydrogen-bond acceptors (Lipinski definition) is 3. The summed E-state index contributed by atoms with van der Waals surface area (Å²) in [6.07, 6.45) is 5.02. The molecule has 122 valence electrons. The molecule has 1 amide bonds. The van der Waals surface area contributed by atoms with Gasteiger partial charge in [0.05, 0.1) is 6.10 Å². The quantitative estimate of drug-likeness (QED) is 0.874. The van der Waals surface area contributed by atoms with E-state index in [0.717, 1.165) is 38.8 Å².